The Hall–Kier alpha value is -2.57. The minimum absolute atomic E-state index is 0. The van der Waals surface area contributed by atoms with Crippen LogP contribution in [0.4, 0.5) is 17.1 Å². The number of rotatable bonds is 5. The van der Waals surface area contributed by atoms with Gasteiger partial charge in [0.25, 0.3) is 5.91 Å². The molecule has 1 N–H and O–H groups in total. The standard InChI is InChI=1S/C23H27N3O3.ClH/c1-24-20-11-4-5-12-21(20)26(19-10-3-2-9-18(19)22(24)27)15-7-14-25-13-6-8-17(16-25)23(28)29;/h2-5,9-12,17H,6-8,13-16H2,1H3,(H,28,29);1H/t17-;/m1./s1. The van der Waals surface area contributed by atoms with Crippen molar-refractivity contribution in [3.8, 4) is 0 Å². The number of carbonyl (C=O) groups excluding carboxylic acids is 1. The quantitative estimate of drug-likeness (QED) is 0.777. The second-order valence-corrected chi connectivity index (χ2v) is 7.85. The zero-order valence-electron chi connectivity index (χ0n) is 17.2. The third-order valence-electron chi connectivity index (χ3n) is 5.97. The molecule has 0 spiro atoms. The Morgan fingerprint density at radius 2 is 1.70 bits per heavy atom. The van der Waals surface area contributed by atoms with Crippen LogP contribution in [0.1, 0.15) is 29.6 Å². The van der Waals surface area contributed by atoms with Crippen molar-refractivity contribution in [3.63, 3.8) is 0 Å². The van der Waals surface area contributed by atoms with Gasteiger partial charge in [0.05, 0.1) is 28.5 Å². The van der Waals surface area contributed by atoms with Crippen LogP contribution in [0, 0.1) is 5.92 Å². The number of halogens is 1. The minimum atomic E-state index is -0.688. The largest absolute Gasteiger partial charge is 0.481 e. The van der Waals surface area contributed by atoms with Crippen LogP contribution in [0.2, 0.25) is 0 Å². The smallest absolute Gasteiger partial charge is 0.307 e. The molecule has 1 fully saturated rings. The average molecular weight is 430 g/mol. The van der Waals surface area contributed by atoms with Gasteiger partial charge in [-0.05, 0) is 56.6 Å². The topological polar surface area (TPSA) is 64.1 Å². The predicted octanol–water partition coefficient (Wildman–Crippen LogP) is 4.02. The Morgan fingerprint density at radius 3 is 2.43 bits per heavy atom. The third kappa shape index (κ3) is 4.30. The van der Waals surface area contributed by atoms with Crippen LogP contribution in [0.3, 0.4) is 0 Å². The summed E-state index contributed by atoms with van der Waals surface area (Å²) in [5, 5.41) is 9.31. The molecule has 0 aromatic heterocycles. The van der Waals surface area contributed by atoms with Crippen molar-refractivity contribution >= 4 is 41.3 Å². The number of carboxylic acids is 1. The van der Waals surface area contributed by atoms with Crippen LogP contribution < -0.4 is 9.80 Å². The van der Waals surface area contributed by atoms with Crippen LogP contribution >= 0.6 is 12.4 Å². The van der Waals surface area contributed by atoms with E-state index in [4.69, 9.17) is 0 Å². The summed E-state index contributed by atoms with van der Waals surface area (Å²) < 4.78 is 0. The number of likely N-dealkylation sites (tertiary alicyclic amines) is 1. The molecule has 7 heteroatoms. The second-order valence-electron chi connectivity index (χ2n) is 7.85. The number of anilines is 3. The van der Waals surface area contributed by atoms with Crippen molar-refractivity contribution in [2.24, 2.45) is 5.92 Å². The van der Waals surface area contributed by atoms with Crippen LogP contribution in [-0.4, -0.2) is 55.1 Å². The molecule has 1 atom stereocenters. The second kappa shape index (κ2) is 9.49. The maximum Gasteiger partial charge on any atom is 0.307 e. The molecule has 0 aliphatic carbocycles. The number of hydrogen-bond acceptors (Lipinski definition) is 4. The normalized spacial score (nSPS) is 18.8. The fourth-order valence-corrected chi connectivity index (χ4v) is 4.44. The third-order valence-corrected chi connectivity index (χ3v) is 5.97. The number of hydrogen-bond donors (Lipinski definition) is 1. The Balaban J connectivity index is 0.00000256. The number of carboxylic acid groups (broad SMARTS) is 1. The lowest BCUT2D eigenvalue weighted by molar-refractivity contribution is -0.143. The van der Waals surface area contributed by atoms with E-state index in [0.29, 0.717) is 12.1 Å². The molecular weight excluding hydrogens is 402 g/mol. The lowest BCUT2D eigenvalue weighted by Gasteiger charge is -2.32. The molecule has 1 saturated heterocycles. The number of para-hydroxylation sites is 3. The average Bonchev–Trinajstić information content (AvgIpc) is 2.84. The Kier molecular flexibility index (Phi) is 7.00. The van der Waals surface area contributed by atoms with Gasteiger partial charge in [0.1, 0.15) is 0 Å². The molecular formula is C23H28ClN3O3. The SMILES string of the molecule is CN1C(=O)c2ccccc2N(CCCN2CCC[C@@H](C(=O)O)C2)c2ccccc21.Cl. The summed E-state index contributed by atoms with van der Waals surface area (Å²) in [4.78, 5) is 30.5. The molecule has 2 aromatic rings. The fraction of sp³-hybridized carbons (Fsp3) is 0.391. The van der Waals surface area contributed by atoms with E-state index < -0.39 is 5.97 Å². The Labute approximate surface area is 183 Å². The van der Waals surface area contributed by atoms with Gasteiger partial charge in [-0.3, -0.25) is 9.59 Å². The molecule has 1 amide bonds. The van der Waals surface area contributed by atoms with Gasteiger partial charge in [0, 0.05) is 20.1 Å². The first-order valence-corrected chi connectivity index (χ1v) is 10.2. The van der Waals surface area contributed by atoms with Gasteiger partial charge in [-0.15, -0.1) is 12.4 Å². The summed E-state index contributed by atoms with van der Waals surface area (Å²) >= 11 is 0. The summed E-state index contributed by atoms with van der Waals surface area (Å²) in [6, 6.07) is 15.8. The number of benzene rings is 2. The first kappa shape index (κ1) is 22.1. The molecule has 2 aromatic carbocycles. The van der Waals surface area contributed by atoms with Crippen LogP contribution in [-0.2, 0) is 4.79 Å². The summed E-state index contributed by atoms with van der Waals surface area (Å²) in [5.41, 5.74) is 3.56. The number of amides is 1. The van der Waals surface area contributed by atoms with Crippen molar-refractivity contribution in [1.82, 2.24) is 4.90 Å². The molecule has 160 valence electrons. The van der Waals surface area contributed by atoms with Crippen molar-refractivity contribution in [2.75, 3.05) is 43.0 Å². The van der Waals surface area contributed by atoms with Crippen molar-refractivity contribution in [3.05, 3.63) is 54.1 Å². The molecule has 0 saturated carbocycles. The van der Waals surface area contributed by atoms with Crippen LogP contribution in [0.5, 0.6) is 0 Å². The maximum absolute atomic E-state index is 13.0. The van der Waals surface area contributed by atoms with Crippen molar-refractivity contribution < 1.29 is 14.7 Å². The first-order valence-electron chi connectivity index (χ1n) is 10.2. The summed E-state index contributed by atoms with van der Waals surface area (Å²) in [5.74, 6) is -0.947. The number of nitrogens with zero attached hydrogens (tertiary/aromatic N) is 3. The molecule has 4 rings (SSSR count). The summed E-state index contributed by atoms with van der Waals surface area (Å²) in [6.45, 7) is 3.21. The zero-order valence-corrected chi connectivity index (χ0v) is 18.0. The summed E-state index contributed by atoms with van der Waals surface area (Å²) in [7, 11) is 1.82. The molecule has 6 nitrogen and oxygen atoms in total. The van der Waals surface area contributed by atoms with Gasteiger partial charge in [-0.1, -0.05) is 24.3 Å². The number of carbonyl (C=O) groups is 2. The molecule has 0 bridgehead atoms. The molecule has 2 heterocycles. The van der Waals surface area contributed by atoms with Gasteiger partial charge in [0.2, 0.25) is 0 Å². The van der Waals surface area contributed by atoms with E-state index in [-0.39, 0.29) is 24.2 Å². The first-order chi connectivity index (χ1) is 14.1. The van der Waals surface area contributed by atoms with E-state index in [0.717, 1.165) is 56.0 Å². The fourth-order valence-electron chi connectivity index (χ4n) is 4.44. The van der Waals surface area contributed by atoms with Gasteiger partial charge < -0.3 is 19.8 Å². The molecule has 0 unspecified atom stereocenters. The number of piperidine rings is 1. The Bertz CT molecular complexity index is 920. The Morgan fingerprint density at radius 1 is 1.03 bits per heavy atom. The van der Waals surface area contributed by atoms with E-state index in [1.807, 2.05) is 49.5 Å². The van der Waals surface area contributed by atoms with Crippen molar-refractivity contribution in [1.29, 1.82) is 0 Å². The highest BCUT2D eigenvalue weighted by Gasteiger charge is 2.29. The van der Waals surface area contributed by atoms with Crippen LogP contribution in [0.25, 0.3) is 0 Å². The van der Waals surface area contributed by atoms with Gasteiger partial charge in [0.15, 0.2) is 0 Å². The van der Waals surface area contributed by atoms with E-state index in [1.165, 1.54) is 0 Å². The number of fused-ring (bicyclic) bond motifs is 2. The van der Waals surface area contributed by atoms with Crippen molar-refractivity contribution in [2.45, 2.75) is 19.3 Å². The highest BCUT2D eigenvalue weighted by atomic mass is 35.5. The van der Waals surface area contributed by atoms with E-state index in [9.17, 15) is 14.7 Å². The highest BCUT2D eigenvalue weighted by Crippen LogP contribution is 2.39. The molecule has 2 aliphatic rings. The zero-order chi connectivity index (χ0) is 20.4. The van der Waals surface area contributed by atoms with E-state index >= 15 is 0 Å². The monoisotopic (exact) mass is 429 g/mol. The van der Waals surface area contributed by atoms with Gasteiger partial charge >= 0.3 is 5.97 Å². The lowest BCUT2D eigenvalue weighted by Crippen LogP contribution is -2.39. The summed E-state index contributed by atoms with van der Waals surface area (Å²) in [6.07, 6.45) is 2.60. The molecule has 2 aliphatic heterocycles. The van der Waals surface area contributed by atoms with Crippen LogP contribution in [0.15, 0.2) is 48.5 Å². The minimum Gasteiger partial charge on any atom is -0.481 e. The van der Waals surface area contributed by atoms with E-state index in [1.54, 1.807) is 4.90 Å². The van der Waals surface area contributed by atoms with Gasteiger partial charge in [-0.25, -0.2) is 0 Å². The lowest BCUT2D eigenvalue weighted by atomic mass is 9.98. The maximum atomic E-state index is 13.0. The van der Waals surface area contributed by atoms with E-state index in [2.05, 4.69) is 15.9 Å². The molecule has 0 radical (unpaired) electrons. The van der Waals surface area contributed by atoms with Gasteiger partial charge in [-0.2, -0.15) is 0 Å². The highest BCUT2D eigenvalue weighted by molar-refractivity contribution is 6.13. The predicted molar refractivity (Wildman–Crippen MR) is 121 cm³/mol. The number of aliphatic carboxylic acids is 1. The molecule has 30 heavy (non-hydrogen) atoms.